The Morgan fingerprint density at radius 1 is 1.29 bits per heavy atom. The van der Waals surface area contributed by atoms with E-state index in [1.165, 1.54) is 25.1 Å². The van der Waals surface area contributed by atoms with Crippen molar-refractivity contribution >= 4 is 29.2 Å². The number of esters is 1. The first kappa shape index (κ1) is 17.3. The highest BCUT2D eigenvalue weighted by Gasteiger charge is 2.21. The number of benzene rings is 2. The molecule has 6 nitrogen and oxygen atoms in total. The molecule has 0 heterocycles. The molecule has 1 amide bonds. The fourth-order valence-electron chi connectivity index (χ4n) is 1.88. The van der Waals surface area contributed by atoms with E-state index in [2.05, 4.69) is 5.32 Å². The van der Waals surface area contributed by atoms with E-state index in [0.29, 0.717) is 11.3 Å². The van der Waals surface area contributed by atoms with Gasteiger partial charge in [0, 0.05) is 5.02 Å². The van der Waals surface area contributed by atoms with Crippen molar-refractivity contribution in [1.82, 2.24) is 0 Å². The number of nitriles is 1. The quantitative estimate of drug-likeness (QED) is 0.830. The highest BCUT2D eigenvalue weighted by atomic mass is 35.5. The minimum atomic E-state index is -1.13. The van der Waals surface area contributed by atoms with E-state index in [9.17, 15) is 14.7 Å². The van der Waals surface area contributed by atoms with E-state index in [1.807, 2.05) is 6.07 Å². The van der Waals surface area contributed by atoms with Gasteiger partial charge in [0.25, 0.3) is 5.91 Å². The van der Waals surface area contributed by atoms with Crippen LogP contribution in [-0.4, -0.2) is 23.1 Å². The molecule has 2 N–H and O–H groups in total. The van der Waals surface area contributed by atoms with E-state index in [0.717, 1.165) is 0 Å². The maximum Gasteiger partial charge on any atom is 0.342 e. The number of carbonyl (C=O) groups excluding carboxylic acids is 2. The Bertz CT molecular complexity index is 830. The molecule has 0 spiro atoms. The number of hydrogen-bond acceptors (Lipinski definition) is 5. The summed E-state index contributed by atoms with van der Waals surface area (Å²) in [6.45, 7) is 1.38. The second kappa shape index (κ2) is 7.49. The first-order valence-corrected chi connectivity index (χ1v) is 7.29. The smallest absolute Gasteiger partial charge is 0.342 e. The Morgan fingerprint density at radius 2 is 2.00 bits per heavy atom. The van der Waals surface area contributed by atoms with Gasteiger partial charge in [-0.2, -0.15) is 5.26 Å². The van der Waals surface area contributed by atoms with Crippen LogP contribution in [0.5, 0.6) is 5.75 Å². The standard InChI is InChI=1S/C17H13ClN2O4/c1-10(16(22)20-14-5-3-2-4-11(14)9-19)24-17(23)13-7-6-12(18)8-15(13)21/h2-8,10,21H,1H3,(H,20,22)/t10-/m1/s1. The molecule has 2 rings (SSSR count). The molecule has 0 bridgehead atoms. The maximum absolute atomic E-state index is 12.1. The van der Waals surface area contributed by atoms with Crippen LogP contribution in [0.1, 0.15) is 22.8 Å². The Balaban J connectivity index is 2.06. The average molecular weight is 345 g/mol. The number of carbonyl (C=O) groups is 2. The van der Waals surface area contributed by atoms with E-state index in [-0.39, 0.29) is 16.3 Å². The van der Waals surface area contributed by atoms with Gasteiger partial charge in [-0.05, 0) is 37.3 Å². The van der Waals surface area contributed by atoms with Crippen LogP contribution in [0, 0.1) is 11.3 Å². The second-order valence-electron chi connectivity index (χ2n) is 4.86. The summed E-state index contributed by atoms with van der Waals surface area (Å²) in [7, 11) is 0. The first-order valence-electron chi connectivity index (χ1n) is 6.92. The topological polar surface area (TPSA) is 99.4 Å². The summed E-state index contributed by atoms with van der Waals surface area (Å²) in [5.74, 6) is -1.80. The summed E-state index contributed by atoms with van der Waals surface area (Å²) >= 11 is 5.69. The van der Waals surface area contributed by atoms with Gasteiger partial charge < -0.3 is 15.2 Å². The molecule has 2 aromatic carbocycles. The molecule has 24 heavy (non-hydrogen) atoms. The van der Waals surface area contributed by atoms with E-state index in [4.69, 9.17) is 21.6 Å². The predicted octanol–water partition coefficient (Wildman–Crippen LogP) is 3.10. The summed E-state index contributed by atoms with van der Waals surface area (Å²) < 4.78 is 5.03. The number of phenolic OH excluding ortho intramolecular Hbond substituents is 1. The van der Waals surface area contributed by atoms with Crippen molar-refractivity contribution in [3.63, 3.8) is 0 Å². The zero-order valence-corrected chi connectivity index (χ0v) is 13.4. The second-order valence-corrected chi connectivity index (χ2v) is 5.29. The lowest BCUT2D eigenvalue weighted by atomic mass is 10.2. The third kappa shape index (κ3) is 4.03. The average Bonchev–Trinajstić information content (AvgIpc) is 2.55. The number of hydrogen-bond donors (Lipinski definition) is 2. The molecule has 122 valence electrons. The predicted molar refractivity (Wildman–Crippen MR) is 87.8 cm³/mol. The van der Waals surface area contributed by atoms with Gasteiger partial charge in [-0.3, -0.25) is 4.79 Å². The summed E-state index contributed by atoms with van der Waals surface area (Å²) in [4.78, 5) is 24.1. The molecule has 2 aromatic rings. The van der Waals surface area contributed by atoms with Gasteiger partial charge in [-0.1, -0.05) is 23.7 Å². The van der Waals surface area contributed by atoms with Crippen LogP contribution >= 0.6 is 11.6 Å². The number of nitrogens with zero attached hydrogens (tertiary/aromatic N) is 1. The first-order chi connectivity index (χ1) is 11.4. The summed E-state index contributed by atoms with van der Waals surface area (Å²) in [6.07, 6.45) is -1.13. The van der Waals surface area contributed by atoms with E-state index < -0.39 is 18.0 Å². The summed E-state index contributed by atoms with van der Waals surface area (Å²) in [6, 6.07) is 12.3. The third-order valence-corrected chi connectivity index (χ3v) is 3.37. The van der Waals surface area contributed by atoms with Crippen molar-refractivity contribution in [3.8, 4) is 11.8 Å². The summed E-state index contributed by atoms with van der Waals surface area (Å²) in [5, 5.41) is 21.5. The van der Waals surface area contributed by atoms with E-state index >= 15 is 0 Å². The molecular formula is C17H13ClN2O4. The molecule has 0 radical (unpaired) electrons. The number of amides is 1. The number of halogens is 1. The van der Waals surface area contributed by atoms with Crippen molar-refractivity contribution in [2.45, 2.75) is 13.0 Å². The molecule has 0 aliphatic carbocycles. The van der Waals surface area contributed by atoms with Gasteiger partial charge >= 0.3 is 5.97 Å². The molecule has 0 aromatic heterocycles. The molecule has 0 aliphatic rings. The van der Waals surface area contributed by atoms with Crippen molar-refractivity contribution in [1.29, 1.82) is 5.26 Å². The molecule has 7 heteroatoms. The number of ether oxygens (including phenoxy) is 1. The van der Waals surface area contributed by atoms with Crippen molar-refractivity contribution in [2.75, 3.05) is 5.32 Å². The fraction of sp³-hybridized carbons (Fsp3) is 0.118. The Morgan fingerprint density at radius 3 is 2.67 bits per heavy atom. The van der Waals surface area contributed by atoms with Crippen LogP contribution in [-0.2, 0) is 9.53 Å². The van der Waals surface area contributed by atoms with E-state index in [1.54, 1.807) is 24.3 Å². The number of aromatic hydroxyl groups is 1. The highest BCUT2D eigenvalue weighted by molar-refractivity contribution is 6.30. The van der Waals surface area contributed by atoms with Crippen LogP contribution in [0.25, 0.3) is 0 Å². The fourth-order valence-corrected chi connectivity index (χ4v) is 2.05. The number of rotatable bonds is 4. The monoisotopic (exact) mass is 344 g/mol. The largest absolute Gasteiger partial charge is 0.507 e. The molecular weight excluding hydrogens is 332 g/mol. The Hall–Kier alpha value is -3.04. The van der Waals surface area contributed by atoms with Gasteiger partial charge in [-0.15, -0.1) is 0 Å². The highest BCUT2D eigenvalue weighted by Crippen LogP contribution is 2.23. The number of nitrogens with one attached hydrogen (secondary N) is 1. The molecule has 0 saturated heterocycles. The van der Waals surface area contributed by atoms with Gasteiger partial charge in [0.15, 0.2) is 6.10 Å². The van der Waals surface area contributed by atoms with Gasteiger partial charge in [0.05, 0.1) is 11.3 Å². The lowest BCUT2D eigenvalue weighted by Crippen LogP contribution is -2.30. The minimum Gasteiger partial charge on any atom is -0.507 e. The zero-order valence-electron chi connectivity index (χ0n) is 12.6. The molecule has 0 saturated carbocycles. The van der Waals surface area contributed by atoms with Crippen LogP contribution in [0.2, 0.25) is 5.02 Å². The number of para-hydroxylation sites is 1. The van der Waals surface area contributed by atoms with Crippen LogP contribution in [0.4, 0.5) is 5.69 Å². The number of anilines is 1. The Labute approximate surface area is 143 Å². The van der Waals surface area contributed by atoms with Gasteiger partial charge in [0.1, 0.15) is 17.4 Å². The van der Waals surface area contributed by atoms with Crippen LogP contribution in [0.15, 0.2) is 42.5 Å². The zero-order chi connectivity index (χ0) is 17.7. The molecule has 0 fully saturated rings. The van der Waals surface area contributed by atoms with Gasteiger partial charge in [0.2, 0.25) is 0 Å². The lowest BCUT2D eigenvalue weighted by Gasteiger charge is -2.14. The van der Waals surface area contributed by atoms with Crippen molar-refractivity contribution in [3.05, 3.63) is 58.6 Å². The molecule has 1 atom stereocenters. The van der Waals surface area contributed by atoms with Crippen molar-refractivity contribution < 1.29 is 19.4 Å². The van der Waals surface area contributed by atoms with Crippen LogP contribution in [0.3, 0.4) is 0 Å². The normalized spacial score (nSPS) is 11.2. The third-order valence-electron chi connectivity index (χ3n) is 3.14. The SMILES string of the molecule is C[C@@H](OC(=O)c1ccc(Cl)cc1O)C(=O)Nc1ccccc1C#N. The maximum atomic E-state index is 12.1. The minimum absolute atomic E-state index is 0.100. The lowest BCUT2D eigenvalue weighted by molar-refractivity contribution is -0.123. The Kier molecular flexibility index (Phi) is 5.40. The molecule has 0 unspecified atom stereocenters. The summed E-state index contributed by atoms with van der Waals surface area (Å²) in [5.41, 5.74) is 0.512. The van der Waals surface area contributed by atoms with Crippen LogP contribution < -0.4 is 5.32 Å². The van der Waals surface area contributed by atoms with Crippen molar-refractivity contribution in [2.24, 2.45) is 0 Å². The number of phenols is 1. The molecule has 0 aliphatic heterocycles. The van der Waals surface area contributed by atoms with Gasteiger partial charge in [-0.25, -0.2) is 4.79 Å².